The number of benzene rings is 2. The highest BCUT2D eigenvalue weighted by atomic mass is 16.6. The molecule has 0 aliphatic rings. The van der Waals surface area contributed by atoms with Crippen LogP contribution in [0.5, 0.6) is 0 Å². The van der Waals surface area contributed by atoms with E-state index in [1.165, 1.54) is 35.4 Å². The van der Waals surface area contributed by atoms with Crippen molar-refractivity contribution in [3.05, 3.63) is 106 Å². The Hall–Kier alpha value is -3.80. The van der Waals surface area contributed by atoms with E-state index in [-0.39, 0.29) is 18.0 Å². The van der Waals surface area contributed by atoms with E-state index in [0.29, 0.717) is 5.56 Å². The Bertz CT molecular complexity index is 1150. The molecule has 138 valence electrons. The maximum absolute atomic E-state index is 12.5. The monoisotopic (exact) mass is 372 g/mol. The van der Waals surface area contributed by atoms with Gasteiger partial charge >= 0.3 is 0 Å². The van der Waals surface area contributed by atoms with Gasteiger partial charge < -0.3 is 4.98 Å². The number of non-ortho nitro benzene ring substituents is 1. The number of Topliss-reactive ketones (excluding diaryl/α,β-unsaturated/α-hetero) is 1. The molecule has 1 N–H and O–H groups in total. The minimum Gasteiger partial charge on any atom is -0.356 e. The first-order valence-electron chi connectivity index (χ1n) is 8.91. The third kappa shape index (κ3) is 3.66. The van der Waals surface area contributed by atoms with Gasteiger partial charge in [-0.2, -0.15) is 4.57 Å². The maximum atomic E-state index is 12.5. The van der Waals surface area contributed by atoms with Crippen LogP contribution in [0.1, 0.15) is 21.5 Å². The summed E-state index contributed by atoms with van der Waals surface area (Å²) in [6.45, 7) is 0.167. The van der Waals surface area contributed by atoms with Gasteiger partial charge in [0.2, 0.25) is 12.3 Å². The molecule has 0 fully saturated rings. The molecule has 0 atom stereocenters. The number of fused-ring (bicyclic) bond motifs is 1. The van der Waals surface area contributed by atoms with Crippen LogP contribution in [0.15, 0.2) is 79.3 Å². The molecule has 0 saturated carbocycles. The first kappa shape index (κ1) is 17.6. The molecule has 0 spiro atoms. The second-order valence-electron chi connectivity index (χ2n) is 6.65. The fourth-order valence-corrected chi connectivity index (χ4v) is 3.26. The summed E-state index contributed by atoms with van der Waals surface area (Å²) in [5.41, 5.74) is 3.84. The Morgan fingerprint density at radius 3 is 2.50 bits per heavy atom. The summed E-state index contributed by atoms with van der Waals surface area (Å²) in [6.07, 6.45) is 6.63. The van der Waals surface area contributed by atoms with Crippen molar-refractivity contribution < 1.29 is 14.3 Å². The number of carbonyl (C=O) groups is 1. The lowest BCUT2D eigenvalue weighted by atomic mass is 10.1. The molecule has 0 saturated heterocycles. The number of aromatic nitrogens is 2. The van der Waals surface area contributed by atoms with Crippen molar-refractivity contribution in [2.24, 2.45) is 0 Å². The van der Waals surface area contributed by atoms with Gasteiger partial charge in [0.25, 0.3) is 5.69 Å². The summed E-state index contributed by atoms with van der Waals surface area (Å²) in [5, 5.41) is 11.9. The molecule has 6 nitrogen and oxygen atoms in total. The average Bonchev–Trinajstić information content (AvgIpc) is 3.11. The van der Waals surface area contributed by atoms with Gasteiger partial charge in [-0.25, -0.2) is 0 Å². The third-order valence-corrected chi connectivity index (χ3v) is 4.73. The number of aromatic amines is 1. The molecule has 0 radical (unpaired) electrons. The molecule has 2 heterocycles. The van der Waals surface area contributed by atoms with Gasteiger partial charge in [0.15, 0.2) is 12.4 Å². The number of nitro benzene ring substituents is 1. The zero-order valence-electron chi connectivity index (χ0n) is 15.0. The third-order valence-electron chi connectivity index (χ3n) is 4.73. The topological polar surface area (TPSA) is 79.9 Å². The number of hydrogen-bond donors (Lipinski definition) is 1. The normalized spacial score (nSPS) is 10.9. The fourth-order valence-electron chi connectivity index (χ4n) is 3.26. The van der Waals surface area contributed by atoms with Crippen LogP contribution in [-0.2, 0) is 13.0 Å². The number of nitrogens with zero attached hydrogens (tertiary/aromatic N) is 2. The minimum atomic E-state index is -0.477. The van der Waals surface area contributed by atoms with E-state index in [1.54, 1.807) is 0 Å². The van der Waals surface area contributed by atoms with Gasteiger partial charge in [-0.3, -0.25) is 14.9 Å². The molecular weight excluding hydrogens is 354 g/mol. The van der Waals surface area contributed by atoms with Crippen molar-refractivity contribution in [1.29, 1.82) is 0 Å². The summed E-state index contributed by atoms with van der Waals surface area (Å²) >= 11 is 0. The molecule has 4 rings (SSSR count). The largest absolute Gasteiger partial charge is 0.356 e. The van der Waals surface area contributed by atoms with Gasteiger partial charge in [-0.1, -0.05) is 30.3 Å². The average molecular weight is 372 g/mol. The predicted molar refractivity (Wildman–Crippen MR) is 105 cm³/mol. The number of ketones is 1. The van der Waals surface area contributed by atoms with E-state index in [0.717, 1.165) is 17.3 Å². The van der Waals surface area contributed by atoms with E-state index < -0.39 is 4.92 Å². The Kier molecular flexibility index (Phi) is 4.68. The second-order valence-corrected chi connectivity index (χ2v) is 6.65. The van der Waals surface area contributed by atoms with Crippen molar-refractivity contribution >= 4 is 22.4 Å². The molecular formula is C22H18N3O3+. The van der Waals surface area contributed by atoms with Gasteiger partial charge in [0, 0.05) is 35.3 Å². The lowest BCUT2D eigenvalue weighted by Gasteiger charge is -2.01. The van der Waals surface area contributed by atoms with Crippen LogP contribution >= 0.6 is 0 Å². The second kappa shape index (κ2) is 7.44. The predicted octanol–water partition coefficient (Wildman–Crippen LogP) is 3.84. The van der Waals surface area contributed by atoms with E-state index in [4.69, 9.17) is 0 Å². The van der Waals surface area contributed by atoms with Crippen LogP contribution in [0.3, 0.4) is 0 Å². The molecule has 0 aliphatic carbocycles. The SMILES string of the molecule is O=C(C[n+]1ccc2c(Cc3ccccc3)c[nH]c2c1)c1ccc([N+](=O)[O-])cc1. The van der Waals surface area contributed by atoms with Crippen LogP contribution in [-0.4, -0.2) is 15.7 Å². The fraction of sp³-hybridized carbons (Fsp3) is 0.0909. The summed E-state index contributed by atoms with van der Waals surface area (Å²) < 4.78 is 1.81. The van der Waals surface area contributed by atoms with Crippen molar-refractivity contribution in [2.45, 2.75) is 13.0 Å². The molecule has 4 aromatic rings. The minimum absolute atomic E-state index is 0.0250. The zero-order valence-corrected chi connectivity index (χ0v) is 15.0. The molecule has 2 aromatic heterocycles. The van der Waals surface area contributed by atoms with Crippen molar-refractivity contribution in [3.8, 4) is 0 Å². The summed E-state index contributed by atoms with van der Waals surface area (Å²) in [5.74, 6) is -0.102. The first-order chi connectivity index (χ1) is 13.6. The highest BCUT2D eigenvalue weighted by Crippen LogP contribution is 2.19. The maximum Gasteiger partial charge on any atom is 0.269 e. The summed E-state index contributed by atoms with van der Waals surface area (Å²) in [4.78, 5) is 26.0. The number of rotatable bonds is 6. The highest BCUT2D eigenvalue weighted by molar-refractivity contribution is 5.95. The Balaban J connectivity index is 1.52. The molecule has 0 bridgehead atoms. The number of nitrogens with one attached hydrogen (secondary N) is 1. The van der Waals surface area contributed by atoms with Gasteiger partial charge in [0.05, 0.1) is 4.92 Å². The lowest BCUT2D eigenvalue weighted by Crippen LogP contribution is -2.37. The smallest absolute Gasteiger partial charge is 0.269 e. The van der Waals surface area contributed by atoms with Crippen LogP contribution in [0.4, 0.5) is 5.69 Å². The molecule has 0 amide bonds. The van der Waals surface area contributed by atoms with Crippen molar-refractivity contribution in [3.63, 3.8) is 0 Å². The van der Waals surface area contributed by atoms with Gasteiger partial charge in [-0.05, 0) is 29.7 Å². The van der Waals surface area contributed by atoms with Crippen LogP contribution < -0.4 is 4.57 Å². The van der Waals surface area contributed by atoms with Gasteiger partial charge in [0.1, 0.15) is 5.52 Å². The summed E-state index contributed by atoms with van der Waals surface area (Å²) in [7, 11) is 0. The van der Waals surface area contributed by atoms with Gasteiger partial charge in [-0.15, -0.1) is 0 Å². The molecule has 2 aromatic carbocycles. The molecule has 28 heavy (non-hydrogen) atoms. The highest BCUT2D eigenvalue weighted by Gasteiger charge is 2.15. The molecule has 0 aliphatic heterocycles. The van der Waals surface area contributed by atoms with E-state index in [1.807, 2.05) is 47.4 Å². The number of nitro groups is 1. The Morgan fingerprint density at radius 2 is 1.79 bits per heavy atom. The van der Waals surface area contributed by atoms with Crippen molar-refractivity contribution in [2.75, 3.05) is 0 Å². The van der Waals surface area contributed by atoms with Crippen molar-refractivity contribution in [1.82, 2.24) is 4.98 Å². The van der Waals surface area contributed by atoms with Crippen LogP contribution in [0.25, 0.3) is 10.9 Å². The quantitative estimate of drug-likeness (QED) is 0.242. The summed E-state index contributed by atoms with van der Waals surface area (Å²) in [6, 6.07) is 18.0. The number of carbonyl (C=O) groups excluding carboxylic acids is 1. The zero-order chi connectivity index (χ0) is 19.5. The molecule has 6 heteroatoms. The first-order valence-corrected chi connectivity index (χ1v) is 8.91. The lowest BCUT2D eigenvalue weighted by molar-refractivity contribution is -0.681. The van der Waals surface area contributed by atoms with Crippen LogP contribution in [0, 0.1) is 10.1 Å². The molecule has 0 unspecified atom stereocenters. The van der Waals surface area contributed by atoms with E-state index in [2.05, 4.69) is 17.1 Å². The van der Waals surface area contributed by atoms with E-state index in [9.17, 15) is 14.9 Å². The standard InChI is InChI=1S/C22H17N3O3/c26-22(17-6-8-19(9-7-17)25(27)28)15-24-11-10-20-18(13-23-21(20)14-24)12-16-4-2-1-3-5-16/h1-11,13-14H,12,15H2/p+1. The number of hydrogen-bond acceptors (Lipinski definition) is 3. The van der Waals surface area contributed by atoms with E-state index >= 15 is 0 Å². The Labute approximate surface area is 161 Å². The number of pyridine rings is 1. The number of H-pyrrole nitrogens is 1. The Morgan fingerprint density at radius 1 is 1.04 bits per heavy atom. The van der Waals surface area contributed by atoms with Crippen LogP contribution in [0.2, 0.25) is 0 Å².